The molecule has 1 aliphatic heterocycles. The van der Waals surface area contributed by atoms with Crippen LogP contribution in [0.15, 0.2) is 53.1 Å². The fraction of sp³-hybridized carbons (Fsp3) is 0.400. The van der Waals surface area contributed by atoms with Crippen LogP contribution in [0.25, 0.3) is 0 Å². The predicted octanol–water partition coefficient (Wildman–Crippen LogP) is 4.07. The number of fused-ring (bicyclic) bond motifs is 1. The molecule has 3 atom stereocenters. The number of aliphatic hydroxyl groups is 1. The number of carbonyl (C=O) groups excluding carboxylic acids is 3. The molecule has 5 heteroatoms. The first-order valence-electron chi connectivity index (χ1n) is 10.2. The Morgan fingerprint density at radius 1 is 1.23 bits per heavy atom. The Balaban J connectivity index is 2.06. The molecule has 1 aromatic carbocycles. The third-order valence-electron chi connectivity index (χ3n) is 6.75. The molecule has 0 aromatic heterocycles. The standard InChI is InChI=1S/C25H26O5/c1-14(2)8-10-24-11-9-15(3)13-30-18-7-5-6-17-20(18)22(28)25(21(17)27,23(24)29)19(26)12-16(24)4/h5-9,12,21,27H,10-11,13H2,1-4H3/b15-9-. The number of aliphatic hydroxyl groups excluding tert-OH is 1. The lowest BCUT2D eigenvalue weighted by atomic mass is 9.55. The van der Waals surface area contributed by atoms with Crippen molar-refractivity contribution < 1.29 is 24.2 Å². The van der Waals surface area contributed by atoms with E-state index in [0.717, 1.165) is 11.1 Å². The molecule has 2 aliphatic carbocycles. The number of ketones is 3. The molecule has 0 amide bonds. The number of benzene rings is 1. The highest BCUT2D eigenvalue weighted by molar-refractivity contribution is 6.37. The van der Waals surface area contributed by atoms with Gasteiger partial charge in [-0.2, -0.15) is 0 Å². The smallest absolute Gasteiger partial charge is 0.191 e. The van der Waals surface area contributed by atoms with Crippen molar-refractivity contribution in [2.75, 3.05) is 6.61 Å². The van der Waals surface area contributed by atoms with E-state index in [1.165, 1.54) is 6.08 Å². The Hall–Kier alpha value is -2.79. The van der Waals surface area contributed by atoms with Crippen LogP contribution in [-0.4, -0.2) is 29.1 Å². The first-order chi connectivity index (χ1) is 14.2. The van der Waals surface area contributed by atoms with Crippen molar-refractivity contribution in [1.29, 1.82) is 0 Å². The van der Waals surface area contributed by atoms with Gasteiger partial charge in [0.15, 0.2) is 22.8 Å². The minimum Gasteiger partial charge on any atom is -0.488 e. The van der Waals surface area contributed by atoms with E-state index in [4.69, 9.17) is 4.74 Å². The van der Waals surface area contributed by atoms with Crippen molar-refractivity contribution in [3.63, 3.8) is 0 Å². The molecule has 4 rings (SSSR count). The van der Waals surface area contributed by atoms with Crippen LogP contribution in [0, 0.1) is 10.8 Å². The van der Waals surface area contributed by atoms with E-state index in [1.807, 2.05) is 32.9 Å². The van der Waals surface area contributed by atoms with Gasteiger partial charge in [0.05, 0.1) is 11.0 Å². The number of hydrogen-bond acceptors (Lipinski definition) is 5. The molecule has 1 heterocycles. The minimum atomic E-state index is -2.15. The summed E-state index contributed by atoms with van der Waals surface area (Å²) < 4.78 is 5.88. The average Bonchev–Trinajstić information content (AvgIpc) is 2.92. The lowest BCUT2D eigenvalue weighted by Crippen LogP contribution is -2.56. The van der Waals surface area contributed by atoms with Gasteiger partial charge >= 0.3 is 0 Å². The van der Waals surface area contributed by atoms with Crippen molar-refractivity contribution in [1.82, 2.24) is 0 Å². The number of hydrogen-bond donors (Lipinski definition) is 1. The molecular weight excluding hydrogens is 380 g/mol. The van der Waals surface area contributed by atoms with Crippen molar-refractivity contribution in [3.8, 4) is 5.75 Å². The van der Waals surface area contributed by atoms with E-state index in [9.17, 15) is 19.5 Å². The lowest BCUT2D eigenvalue weighted by Gasteiger charge is -2.43. The van der Waals surface area contributed by atoms with Crippen LogP contribution in [-0.2, 0) is 9.59 Å². The molecule has 0 fully saturated rings. The highest BCUT2D eigenvalue weighted by Gasteiger charge is 2.68. The fourth-order valence-electron chi connectivity index (χ4n) is 4.85. The molecule has 1 spiro atoms. The molecule has 1 aromatic rings. The molecule has 156 valence electrons. The summed E-state index contributed by atoms with van der Waals surface area (Å²) in [5, 5.41) is 11.2. The minimum absolute atomic E-state index is 0.144. The van der Waals surface area contributed by atoms with E-state index in [0.29, 0.717) is 24.2 Å². The van der Waals surface area contributed by atoms with Gasteiger partial charge in [0.1, 0.15) is 18.5 Å². The van der Waals surface area contributed by atoms with Crippen LogP contribution < -0.4 is 4.74 Å². The molecule has 0 saturated heterocycles. The second-order valence-electron chi connectivity index (χ2n) is 8.89. The van der Waals surface area contributed by atoms with Crippen molar-refractivity contribution in [2.45, 2.75) is 46.6 Å². The topological polar surface area (TPSA) is 80.7 Å². The van der Waals surface area contributed by atoms with Gasteiger partial charge in [0.25, 0.3) is 0 Å². The van der Waals surface area contributed by atoms with Crippen LogP contribution in [0.1, 0.15) is 62.6 Å². The predicted molar refractivity (Wildman–Crippen MR) is 112 cm³/mol. The quantitative estimate of drug-likeness (QED) is 0.591. The van der Waals surface area contributed by atoms with Crippen LogP contribution in [0.3, 0.4) is 0 Å². The van der Waals surface area contributed by atoms with Crippen LogP contribution in [0.5, 0.6) is 5.75 Å². The van der Waals surface area contributed by atoms with Gasteiger partial charge < -0.3 is 9.84 Å². The Bertz CT molecular complexity index is 1070. The summed E-state index contributed by atoms with van der Waals surface area (Å²) in [4.78, 5) is 41.2. The zero-order chi connectivity index (χ0) is 21.8. The monoisotopic (exact) mass is 406 g/mol. The fourth-order valence-corrected chi connectivity index (χ4v) is 4.85. The summed E-state index contributed by atoms with van der Waals surface area (Å²) >= 11 is 0. The largest absolute Gasteiger partial charge is 0.488 e. The van der Waals surface area contributed by atoms with E-state index in [2.05, 4.69) is 0 Å². The summed E-state index contributed by atoms with van der Waals surface area (Å²) in [6, 6.07) is 4.91. The summed E-state index contributed by atoms with van der Waals surface area (Å²) in [7, 11) is 0. The first kappa shape index (κ1) is 20.5. The number of Topliss-reactive ketones (excluding diaryl/α,β-unsaturated/α-hetero) is 2. The lowest BCUT2D eigenvalue weighted by molar-refractivity contribution is -0.148. The van der Waals surface area contributed by atoms with Gasteiger partial charge in [0, 0.05) is 0 Å². The molecule has 0 saturated carbocycles. The zero-order valence-electron chi connectivity index (χ0n) is 17.7. The van der Waals surface area contributed by atoms with Crippen molar-refractivity contribution in [3.05, 3.63) is 64.3 Å². The first-order valence-corrected chi connectivity index (χ1v) is 10.2. The molecule has 3 aliphatic rings. The number of ether oxygens (including phenoxy) is 1. The number of carbonyl (C=O) groups is 3. The van der Waals surface area contributed by atoms with Gasteiger partial charge in [-0.05, 0) is 63.8 Å². The molecule has 1 N–H and O–H groups in total. The number of rotatable bonds is 2. The normalized spacial score (nSPS) is 31.9. The summed E-state index contributed by atoms with van der Waals surface area (Å²) in [5.74, 6) is -1.51. The van der Waals surface area contributed by atoms with Crippen molar-refractivity contribution in [2.24, 2.45) is 10.8 Å². The van der Waals surface area contributed by atoms with Crippen molar-refractivity contribution >= 4 is 17.3 Å². The number of allylic oxidation sites excluding steroid dienone is 5. The molecule has 30 heavy (non-hydrogen) atoms. The third kappa shape index (κ3) is 2.54. The Morgan fingerprint density at radius 3 is 2.67 bits per heavy atom. The summed E-state index contributed by atoms with van der Waals surface area (Å²) in [6.07, 6.45) is 4.48. The second-order valence-corrected chi connectivity index (χ2v) is 8.89. The van der Waals surface area contributed by atoms with Crippen LogP contribution in [0.2, 0.25) is 0 Å². The molecule has 5 nitrogen and oxygen atoms in total. The van der Waals surface area contributed by atoms with Crippen LogP contribution in [0.4, 0.5) is 0 Å². The molecule has 3 bridgehead atoms. The van der Waals surface area contributed by atoms with Gasteiger partial charge in [-0.1, -0.05) is 35.4 Å². The highest BCUT2D eigenvalue weighted by Crippen LogP contribution is 2.58. The second kappa shape index (κ2) is 6.88. The third-order valence-corrected chi connectivity index (χ3v) is 6.75. The van der Waals surface area contributed by atoms with Gasteiger partial charge in [-0.25, -0.2) is 0 Å². The van der Waals surface area contributed by atoms with E-state index in [1.54, 1.807) is 25.1 Å². The van der Waals surface area contributed by atoms with E-state index < -0.39 is 34.3 Å². The molecule has 3 unspecified atom stereocenters. The summed E-state index contributed by atoms with van der Waals surface area (Å²) in [6.45, 7) is 7.84. The maximum absolute atomic E-state index is 14.2. The average molecular weight is 406 g/mol. The van der Waals surface area contributed by atoms with Gasteiger partial charge in [0.2, 0.25) is 0 Å². The maximum atomic E-state index is 14.2. The summed E-state index contributed by atoms with van der Waals surface area (Å²) in [5.41, 5.74) is -0.199. The molecule has 0 radical (unpaired) electrons. The molecular formula is C25H26O5. The Kier molecular flexibility index (Phi) is 4.70. The highest BCUT2D eigenvalue weighted by atomic mass is 16.5. The van der Waals surface area contributed by atoms with Gasteiger partial charge in [-0.15, -0.1) is 0 Å². The van der Waals surface area contributed by atoms with Gasteiger partial charge in [-0.3, -0.25) is 14.4 Å². The maximum Gasteiger partial charge on any atom is 0.191 e. The Labute approximate surface area is 176 Å². The zero-order valence-corrected chi connectivity index (χ0v) is 17.7. The Morgan fingerprint density at radius 2 is 1.97 bits per heavy atom. The SMILES string of the molecule is CC(C)=CCC12C/C=C(/C)COc3cccc4c3C(=O)C(C(=O)C=C1C)(C2=O)C4O. The van der Waals surface area contributed by atoms with E-state index >= 15 is 0 Å². The van der Waals surface area contributed by atoms with E-state index in [-0.39, 0.29) is 17.7 Å². The van der Waals surface area contributed by atoms with Crippen LogP contribution >= 0.6 is 0 Å².